The lowest BCUT2D eigenvalue weighted by molar-refractivity contribution is -0.115. The highest BCUT2D eigenvalue weighted by atomic mass is 16.2. The van der Waals surface area contributed by atoms with E-state index in [4.69, 9.17) is 4.98 Å². The maximum absolute atomic E-state index is 12.3. The molecule has 0 fully saturated rings. The SMILES string of the molecule is O=C1NC(Nc2ccccc2)=N/C1=C\c1ccc2ccc3cccnc3c2n1. The third-order valence-corrected chi connectivity index (χ3v) is 4.47. The van der Waals surface area contributed by atoms with E-state index in [9.17, 15) is 4.79 Å². The Labute approximate surface area is 160 Å². The van der Waals surface area contributed by atoms with Gasteiger partial charge in [-0.15, -0.1) is 0 Å². The second kappa shape index (κ2) is 6.59. The number of benzene rings is 2. The highest BCUT2D eigenvalue weighted by Crippen LogP contribution is 2.23. The van der Waals surface area contributed by atoms with Crippen LogP contribution in [-0.2, 0) is 4.79 Å². The van der Waals surface area contributed by atoms with Gasteiger partial charge in [0.15, 0.2) is 0 Å². The first-order valence-electron chi connectivity index (χ1n) is 8.85. The number of rotatable bonds is 2. The first-order chi connectivity index (χ1) is 13.8. The number of nitrogens with one attached hydrogen (secondary N) is 2. The molecule has 0 atom stereocenters. The van der Waals surface area contributed by atoms with Crippen LogP contribution in [0.1, 0.15) is 5.69 Å². The van der Waals surface area contributed by atoms with Gasteiger partial charge in [0.1, 0.15) is 5.70 Å². The zero-order valence-corrected chi connectivity index (χ0v) is 14.8. The summed E-state index contributed by atoms with van der Waals surface area (Å²) in [6.07, 6.45) is 3.43. The smallest absolute Gasteiger partial charge is 0.276 e. The van der Waals surface area contributed by atoms with Crippen molar-refractivity contribution in [2.45, 2.75) is 0 Å². The maximum Gasteiger partial charge on any atom is 0.276 e. The number of aromatic nitrogens is 2. The van der Waals surface area contributed by atoms with Crippen molar-refractivity contribution in [3.63, 3.8) is 0 Å². The second-order valence-electron chi connectivity index (χ2n) is 6.38. The van der Waals surface area contributed by atoms with Gasteiger partial charge in [-0.1, -0.05) is 42.5 Å². The van der Waals surface area contributed by atoms with Gasteiger partial charge >= 0.3 is 0 Å². The summed E-state index contributed by atoms with van der Waals surface area (Å²) in [6.45, 7) is 0. The van der Waals surface area contributed by atoms with Crippen LogP contribution in [0.3, 0.4) is 0 Å². The number of aliphatic imine (C=N–C) groups is 1. The van der Waals surface area contributed by atoms with Crippen molar-refractivity contribution in [2.24, 2.45) is 4.99 Å². The number of amides is 1. The van der Waals surface area contributed by atoms with E-state index in [-0.39, 0.29) is 5.91 Å². The molecule has 0 bridgehead atoms. The number of hydrogen-bond donors (Lipinski definition) is 2. The molecule has 6 heteroatoms. The van der Waals surface area contributed by atoms with Gasteiger partial charge < -0.3 is 5.32 Å². The summed E-state index contributed by atoms with van der Waals surface area (Å²) in [5.74, 6) is 0.131. The minimum atomic E-state index is -0.267. The van der Waals surface area contributed by atoms with Crippen molar-refractivity contribution >= 4 is 45.4 Å². The molecule has 1 aliphatic rings. The Hall–Kier alpha value is -4.06. The number of para-hydroxylation sites is 1. The molecule has 3 heterocycles. The normalized spacial score (nSPS) is 15.1. The third-order valence-electron chi connectivity index (χ3n) is 4.47. The van der Waals surface area contributed by atoms with Crippen molar-refractivity contribution < 1.29 is 4.79 Å². The van der Waals surface area contributed by atoms with Crippen molar-refractivity contribution in [2.75, 3.05) is 5.32 Å². The Morgan fingerprint density at radius 2 is 1.64 bits per heavy atom. The van der Waals surface area contributed by atoms with Crippen molar-refractivity contribution in [1.29, 1.82) is 0 Å². The number of fused-ring (bicyclic) bond motifs is 3. The van der Waals surface area contributed by atoms with Crippen molar-refractivity contribution in [1.82, 2.24) is 15.3 Å². The second-order valence-corrected chi connectivity index (χ2v) is 6.38. The van der Waals surface area contributed by atoms with Crippen LogP contribution in [-0.4, -0.2) is 21.8 Å². The number of hydrogen-bond acceptors (Lipinski definition) is 5. The molecule has 6 nitrogen and oxygen atoms in total. The fourth-order valence-electron chi connectivity index (χ4n) is 3.15. The number of guanidine groups is 1. The molecular weight excluding hydrogens is 350 g/mol. The molecule has 0 saturated carbocycles. The molecule has 0 unspecified atom stereocenters. The van der Waals surface area contributed by atoms with Crippen LogP contribution in [0.2, 0.25) is 0 Å². The number of pyridine rings is 2. The Bertz CT molecular complexity index is 1280. The van der Waals surface area contributed by atoms with Gasteiger partial charge in [0.25, 0.3) is 5.91 Å². The molecule has 0 radical (unpaired) electrons. The fourth-order valence-corrected chi connectivity index (χ4v) is 3.15. The minimum absolute atomic E-state index is 0.267. The molecule has 0 saturated heterocycles. The van der Waals surface area contributed by atoms with Gasteiger partial charge in [0, 0.05) is 22.7 Å². The molecule has 2 N–H and O–H groups in total. The Morgan fingerprint density at radius 1 is 0.857 bits per heavy atom. The van der Waals surface area contributed by atoms with Crippen molar-refractivity contribution in [3.05, 3.63) is 84.3 Å². The molecule has 0 spiro atoms. The predicted octanol–water partition coefficient (Wildman–Crippen LogP) is 3.72. The van der Waals surface area contributed by atoms with E-state index >= 15 is 0 Å². The summed E-state index contributed by atoms with van der Waals surface area (Å²) in [5, 5.41) is 7.84. The van der Waals surface area contributed by atoms with Gasteiger partial charge in [0.05, 0.1) is 16.7 Å². The first-order valence-corrected chi connectivity index (χ1v) is 8.85. The number of carbonyl (C=O) groups excluding carboxylic acids is 1. The molecule has 28 heavy (non-hydrogen) atoms. The quantitative estimate of drug-likeness (QED) is 0.419. The molecule has 0 aliphatic carbocycles. The molecule has 2 aromatic heterocycles. The van der Waals surface area contributed by atoms with Crippen LogP contribution >= 0.6 is 0 Å². The fraction of sp³-hybridized carbons (Fsp3) is 0. The van der Waals surface area contributed by atoms with Crippen LogP contribution < -0.4 is 10.6 Å². The summed E-state index contributed by atoms with van der Waals surface area (Å²) in [4.78, 5) is 25.8. The highest BCUT2D eigenvalue weighted by Gasteiger charge is 2.20. The maximum atomic E-state index is 12.3. The van der Waals surface area contributed by atoms with Crippen LogP contribution in [0, 0.1) is 0 Å². The highest BCUT2D eigenvalue weighted by molar-refractivity contribution is 6.17. The van der Waals surface area contributed by atoms with Crippen LogP contribution in [0.4, 0.5) is 5.69 Å². The molecular formula is C22H15N5O. The summed E-state index contributed by atoms with van der Waals surface area (Å²) in [7, 11) is 0. The summed E-state index contributed by atoms with van der Waals surface area (Å²) >= 11 is 0. The van der Waals surface area contributed by atoms with Crippen LogP contribution in [0.25, 0.3) is 27.9 Å². The zero-order chi connectivity index (χ0) is 18.9. The molecule has 1 aliphatic heterocycles. The molecule has 5 rings (SSSR count). The third kappa shape index (κ3) is 2.97. The van der Waals surface area contributed by atoms with E-state index < -0.39 is 0 Å². The topological polar surface area (TPSA) is 79.3 Å². The van der Waals surface area contributed by atoms with Gasteiger partial charge in [-0.25, -0.2) is 9.98 Å². The summed E-state index contributed by atoms with van der Waals surface area (Å²) in [5.41, 5.74) is 3.45. The van der Waals surface area contributed by atoms with Crippen LogP contribution in [0.15, 0.2) is 83.6 Å². The van der Waals surface area contributed by atoms with E-state index in [2.05, 4.69) is 20.6 Å². The minimum Gasteiger partial charge on any atom is -0.326 e. The summed E-state index contributed by atoms with van der Waals surface area (Å²) in [6, 6.07) is 21.4. The number of anilines is 1. The van der Waals surface area contributed by atoms with E-state index in [1.807, 2.05) is 66.7 Å². The zero-order valence-electron chi connectivity index (χ0n) is 14.8. The monoisotopic (exact) mass is 365 g/mol. The Kier molecular flexibility index (Phi) is 3.80. The largest absolute Gasteiger partial charge is 0.326 e. The lowest BCUT2D eigenvalue weighted by Gasteiger charge is -2.03. The van der Waals surface area contributed by atoms with Gasteiger partial charge in [-0.05, 0) is 30.3 Å². The van der Waals surface area contributed by atoms with E-state index in [0.29, 0.717) is 17.4 Å². The van der Waals surface area contributed by atoms with Gasteiger partial charge in [-0.3, -0.25) is 15.1 Å². The van der Waals surface area contributed by atoms with Crippen LogP contribution in [0.5, 0.6) is 0 Å². The van der Waals surface area contributed by atoms with Gasteiger partial charge in [0.2, 0.25) is 5.96 Å². The Morgan fingerprint density at radius 3 is 2.50 bits per heavy atom. The molecule has 134 valence electrons. The molecule has 2 aromatic carbocycles. The predicted molar refractivity (Wildman–Crippen MR) is 111 cm³/mol. The number of carbonyl (C=O) groups is 1. The standard InChI is InChI=1S/C22H15N5O/c28-21-18(26-22(27-21)25-16-6-2-1-3-7-16)13-17-11-10-15-9-8-14-5-4-12-23-19(14)20(15)24-17/h1-13H,(H2,25,26,27,28)/b18-13-. The van der Waals surface area contributed by atoms with E-state index in [1.165, 1.54) is 0 Å². The van der Waals surface area contributed by atoms with E-state index in [0.717, 1.165) is 27.5 Å². The van der Waals surface area contributed by atoms with E-state index in [1.54, 1.807) is 12.3 Å². The summed E-state index contributed by atoms with van der Waals surface area (Å²) < 4.78 is 0. The average Bonchev–Trinajstić information content (AvgIpc) is 3.07. The lowest BCUT2D eigenvalue weighted by Crippen LogP contribution is -2.29. The first kappa shape index (κ1) is 16.1. The molecule has 4 aromatic rings. The van der Waals surface area contributed by atoms with Crippen molar-refractivity contribution in [3.8, 4) is 0 Å². The molecule has 1 amide bonds. The van der Waals surface area contributed by atoms with Gasteiger partial charge in [-0.2, -0.15) is 0 Å². The Balaban J connectivity index is 1.52. The average molecular weight is 365 g/mol. The number of nitrogens with zero attached hydrogens (tertiary/aromatic N) is 3. The lowest BCUT2D eigenvalue weighted by atomic mass is 10.1.